The van der Waals surface area contributed by atoms with E-state index in [4.69, 9.17) is 10.7 Å². The molecule has 6 heteroatoms. The minimum Gasteiger partial charge on any atom is -0.207 e. The van der Waals surface area contributed by atoms with Crippen molar-refractivity contribution in [2.24, 2.45) is 0 Å². The number of rotatable bonds is 1. The fourth-order valence-corrected chi connectivity index (χ4v) is 2.99. The maximum atomic E-state index is 13.3. The molecule has 1 aromatic rings. The van der Waals surface area contributed by atoms with Crippen molar-refractivity contribution in [1.82, 2.24) is 0 Å². The molecule has 82 valence electrons. The minimum absolute atomic E-state index is 0.0461. The van der Waals surface area contributed by atoms with Gasteiger partial charge in [-0.2, -0.15) is 0 Å². The van der Waals surface area contributed by atoms with Crippen molar-refractivity contribution in [3.63, 3.8) is 0 Å². The number of hydrogen-bond donors (Lipinski definition) is 0. The third kappa shape index (κ3) is 1.74. The standard InChI is InChI=1S/C9H7ClF2O2S/c10-15(13,14)8-3-1-2-7-6(8)4-5-9(7,11)12/h1-3H,4-5H2. The first-order valence-electron chi connectivity index (χ1n) is 4.27. The Balaban J connectivity index is 2.70. The van der Waals surface area contributed by atoms with E-state index in [9.17, 15) is 17.2 Å². The first-order valence-corrected chi connectivity index (χ1v) is 6.58. The van der Waals surface area contributed by atoms with Gasteiger partial charge in [-0.1, -0.05) is 12.1 Å². The summed E-state index contributed by atoms with van der Waals surface area (Å²) in [6.45, 7) is 0. The van der Waals surface area contributed by atoms with Crippen LogP contribution >= 0.6 is 10.7 Å². The molecule has 1 aliphatic rings. The molecule has 1 aromatic carbocycles. The van der Waals surface area contributed by atoms with E-state index in [1.165, 1.54) is 18.2 Å². The Kier molecular flexibility index (Phi) is 2.28. The van der Waals surface area contributed by atoms with E-state index in [1.807, 2.05) is 0 Å². The van der Waals surface area contributed by atoms with Crippen LogP contribution in [0.3, 0.4) is 0 Å². The fraction of sp³-hybridized carbons (Fsp3) is 0.333. The summed E-state index contributed by atoms with van der Waals surface area (Å²) in [6.07, 6.45) is -0.309. The first kappa shape index (κ1) is 10.8. The molecule has 0 aromatic heterocycles. The molecule has 0 amide bonds. The lowest BCUT2D eigenvalue weighted by molar-refractivity contribution is -0.00185. The fourth-order valence-electron chi connectivity index (χ4n) is 1.81. The average Bonchev–Trinajstić information content (AvgIpc) is 2.41. The number of halogens is 3. The smallest absolute Gasteiger partial charge is 0.207 e. The van der Waals surface area contributed by atoms with Crippen LogP contribution in [-0.4, -0.2) is 8.42 Å². The van der Waals surface area contributed by atoms with Gasteiger partial charge in [0.1, 0.15) is 0 Å². The van der Waals surface area contributed by atoms with Crippen LogP contribution in [0.1, 0.15) is 17.5 Å². The lowest BCUT2D eigenvalue weighted by atomic mass is 10.1. The molecule has 0 radical (unpaired) electrons. The summed E-state index contributed by atoms with van der Waals surface area (Å²) in [5.41, 5.74) is -0.0678. The van der Waals surface area contributed by atoms with Crippen LogP contribution in [0, 0.1) is 0 Å². The second kappa shape index (κ2) is 3.15. The third-order valence-corrected chi connectivity index (χ3v) is 3.89. The van der Waals surface area contributed by atoms with Gasteiger partial charge in [-0.25, -0.2) is 17.2 Å². The van der Waals surface area contributed by atoms with Gasteiger partial charge in [0.15, 0.2) is 0 Å². The second-order valence-electron chi connectivity index (χ2n) is 3.42. The SMILES string of the molecule is O=S(=O)(Cl)c1cccc2c1CCC2(F)F. The molecule has 0 saturated heterocycles. The molecule has 0 fully saturated rings. The zero-order valence-corrected chi connectivity index (χ0v) is 9.08. The maximum absolute atomic E-state index is 13.3. The Labute approximate surface area is 90.3 Å². The highest BCUT2D eigenvalue weighted by atomic mass is 35.7. The molecule has 1 aliphatic carbocycles. The highest BCUT2D eigenvalue weighted by molar-refractivity contribution is 8.13. The van der Waals surface area contributed by atoms with Crippen molar-refractivity contribution < 1.29 is 17.2 Å². The number of hydrogen-bond acceptors (Lipinski definition) is 2. The van der Waals surface area contributed by atoms with E-state index >= 15 is 0 Å². The summed E-state index contributed by atoms with van der Waals surface area (Å²) >= 11 is 0. The van der Waals surface area contributed by atoms with Gasteiger partial charge in [-0.05, 0) is 18.1 Å². The van der Waals surface area contributed by atoms with E-state index in [0.717, 1.165) is 0 Å². The third-order valence-electron chi connectivity index (χ3n) is 2.48. The molecule has 0 heterocycles. The van der Waals surface area contributed by atoms with E-state index in [1.54, 1.807) is 0 Å². The molecule has 0 atom stereocenters. The van der Waals surface area contributed by atoms with Crippen molar-refractivity contribution in [1.29, 1.82) is 0 Å². The number of benzene rings is 1. The van der Waals surface area contributed by atoms with Gasteiger partial charge in [0.05, 0.1) is 4.90 Å². The monoisotopic (exact) mass is 252 g/mol. The Bertz CT molecular complexity index is 511. The maximum Gasteiger partial charge on any atom is 0.273 e. The van der Waals surface area contributed by atoms with Gasteiger partial charge < -0.3 is 0 Å². The van der Waals surface area contributed by atoms with Crippen LogP contribution in [0.25, 0.3) is 0 Å². The summed E-state index contributed by atoms with van der Waals surface area (Å²) < 4.78 is 48.8. The highest BCUT2D eigenvalue weighted by Crippen LogP contribution is 2.44. The molecule has 0 bridgehead atoms. The van der Waals surface area contributed by atoms with E-state index < -0.39 is 15.0 Å². The molecule has 2 rings (SSSR count). The van der Waals surface area contributed by atoms with Crippen molar-refractivity contribution in [2.75, 3.05) is 0 Å². The Hall–Kier alpha value is -0.680. The van der Waals surface area contributed by atoms with E-state index in [2.05, 4.69) is 0 Å². The van der Waals surface area contributed by atoms with Crippen molar-refractivity contribution >= 4 is 19.7 Å². The Morgan fingerprint density at radius 1 is 1.33 bits per heavy atom. The molecule has 0 saturated carbocycles. The van der Waals surface area contributed by atoms with Gasteiger partial charge >= 0.3 is 0 Å². The van der Waals surface area contributed by atoms with Crippen LogP contribution in [0.2, 0.25) is 0 Å². The summed E-state index contributed by atoms with van der Waals surface area (Å²) in [4.78, 5) is -0.196. The largest absolute Gasteiger partial charge is 0.273 e. The molecular weight excluding hydrogens is 246 g/mol. The van der Waals surface area contributed by atoms with Crippen molar-refractivity contribution in [2.45, 2.75) is 23.7 Å². The molecule has 2 nitrogen and oxygen atoms in total. The number of alkyl halides is 2. The zero-order chi connectivity index (χ0) is 11.3. The van der Waals surface area contributed by atoms with Crippen LogP contribution in [-0.2, 0) is 21.4 Å². The molecule has 0 unspecified atom stereocenters. The van der Waals surface area contributed by atoms with Crippen molar-refractivity contribution in [3.05, 3.63) is 29.3 Å². The first-order chi connectivity index (χ1) is 6.82. The Morgan fingerprint density at radius 3 is 2.60 bits per heavy atom. The van der Waals surface area contributed by atoms with Crippen LogP contribution in [0.5, 0.6) is 0 Å². The Morgan fingerprint density at radius 2 is 2.00 bits per heavy atom. The van der Waals surface area contributed by atoms with Crippen LogP contribution in [0.4, 0.5) is 8.78 Å². The van der Waals surface area contributed by atoms with Crippen LogP contribution < -0.4 is 0 Å². The molecule has 0 aliphatic heterocycles. The van der Waals surface area contributed by atoms with E-state index in [-0.39, 0.29) is 28.9 Å². The highest BCUT2D eigenvalue weighted by Gasteiger charge is 2.41. The lowest BCUT2D eigenvalue weighted by Gasteiger charge is -2.10. The predicted octanol–water partition coefficient (Wildman–Crippen LogP) is 2.65. The zero-order valence-electron chi connectivity index (χ0n) is 7.50. The summed E-state index contributed by atoms with van der Waals surface area (Å²) in [5.74, 6) is -2.94. The predicted molar refractivity (Wildman–Crippen MR) is 51.7 cm³/mol. The molecule has 0 N–H and O–H groups in total. The molecular formula is C9H7ClF2O2S. The summed E-state index contributed by atoms with van der Waals surface area (Å²) in [7, 11) is 1.22. The second-order valence-corrected chi connectivity index (χ2v) is 5.96. The number of fused-ring (bicyclic) bond motifs is 1. The van der Waals surface area contributed by atoms with E-state index in [0.29, 0.717) is 0 Å². The van der Waals surface area contributed by atoms with Gasteiger partial charge in [0, 0.05) is 22.7 Å². The average molecular weight is 253 g/mol. The lowest BCUT2D eigenvalue weighted by Crippen LogP contribution is -2.07. The van der Waals surface area contributed by atoms with Crippen LogP contribution in [0.15, 0.2) is 23.1 Å². The molecule has 0 spiro atoms. The van der Waals surface area contributed by atoms with Gasteiger partial charge in [-0.15, -0.1) is 0 Å². The summed E-state index contributed by atoms with van der Waals surface area (Å²) in [6, 6.07) is 3.78. The van der Waals surface area contributed by atoms with Gasteiger partial charge in [0.2, 0.25) is 0 Å². The minimum atomic E-state index is -3.94. The topological polar surface area (TPSA) is 34.1 Å². The quantitative estimate of drug-likeness (QED) is 0.720. The van der Waals surface area contributed by atoms with Crippen molar-refractivity contribution in [3.8, 4) is 0 Å². The molecule has 15 heavy (non-hydrogen) atoms. The van der Waals surface area contributed by atoms with Gasteiger partial charge in [0.25, 0.3) is 15.0 Å². The van der Waals surface area contributed by atoms with Gasteiger partial charge in [-0.3, -0.25) is 0 Å². The summed E-state index contributed by atoms with van der Waals surface area (Å²) in [5, 5.41) is 0. The normalized spacial score (nSPS) is 18.9.